The molecule has 0 radical (unpaired) electrons. The zero-order valence-electron chi connectivity index (χ0n) is 16.8. The number of hydrogen-bond acceptors (Lipinski definition) is 5. The molecular formula is C20H28N2O6. The number of carboxylic acids is 1. The second kappa shape index (κ2) is 9.43. The Morgan fingerprint density at radius 3 is 2.39 bits per heavy atom. The number of likely N-dealkylation sites (tertiary alicyclic amines) is 1. The zero-order valence-corrected chi connectivity index (χ0v) is 16.8. The highest BCUT2D eigenvalue weighted by molar-refractivity contribution is 5.97. The van der Waals surface area contributed by atoms with Gasteiger partial charge in [0.2, 0.25) is 5.91 Å². The molecule has 2 rings (SSSR count). The molecule has 1 aromatic rings. The third-order valence-electron chi connectivity index (χ3n) is 4.69. The minimum atomic E-state index is -0.821. The first-order valence-electron chi connectivity index (χ1n) is 9.33. The first kappa shape index (κ1) is 21.5. The summed E-state index contributed by atoms with van der Waals surface area (Å²) in [6.45, 7) is 4.53. The minimum absolute atomic E-state index is 0.0268. The number of ether oxygens (including phenoxy) is 2. The van der Waals surface area contributed by atoms with E-state index in [4.69, 9.17) is 14.6 Å². The number of nitrogens with zero attached hydrogens (tertiary/aromatic N) is 2. The minimum Gasteiger partial charge on any atom is -0.493 e. The summed E-state index contributed by atoms with van der Waals surface area (Å²) < 4.78 is 11.0. The van der Waals surface area contributed by atoms with Gasteiger partial charge in [0.05, 0.1) is 25.7 Å². The van der Waals surface area contributed by atoms with E-state index in [0.29, 0.717) is 43.0 Å². The predicted molar refractivity (Wildman–Crippen MR) is 103 cm³/mol. The highest BCUT2D eigenvalue weighted by atomic mass is 16.5. The van der Waals surface area contributed by atoms with Gasteiger partial charge >= 0.3 is 5.97 Å². The Kier molecular flexibility index (Phi) is 7.25. The van der Waals surface area contributed by atoms with Gasteiger partial charge < -0.3 is 24.4 Å². The summed E-state index contributed by atoms with van der Waals surface area (Å²) in [5.41, 5.74) is 0.396. The fraction of sp³-hybridized carbons (Fsp3) is 0.550. The zero-order chi connectivity index (χ0) is 20.8. The molecule has 154 valence electrons. The Morgan fingerprint density at radius 1 is 1.21 bits per heavy atom. The highest BCUT2D eigenvalue weighted by Gasteiger charge is 2.28. The van der Waals surface area contributed by atoms with E-state index in [2.05, 4.69) is 0 Å². The third-order valence-corrected chi connectivity index (χ3v) is 4.69. The number of benzene rings is 1. The average Bonchev–Trinajstić information content (AvgIpc) is 2.67. The molecule has 0 spiro atoms. The summed E-state index contributed by atoms with van der Waals surface area (Å²) in [5, 5.41) is 9.04. The molecule has 0 bridgehead atoms. The first-order chi connectivity index (χ1) is 13.2. The van der Waals surface area contributed by atoms with Crippen molar-refractivity contribution < 1.29 is 29.0 Å². The van der Waals surface area contributed by atoms with E-state index in [1.165, 1.54) is 12.0 Å². The Labute approximate surface area is 165 Å². The van der Waals surface area contributed by atoms with Gasteiger partial charge in [-0.2, -0.15) is 0 Å². The molecule has 0 atom stereocenters. The molecule has 1 N–H and O–H groups in total. The molecule has 1 heterocycles. The predicted octanol–water partition coefficient (Wildman–Crippen LogP) is 1.88. The molecule has 1 aliphatic heterocycles. The fourth-order valence-corrected chi connectivity index (χ4v) is 3.12. The number of hydrogen-bond donors (Lipinski definition) is 1. The molecule has 1 aromatic carbocycles. The van der Waals surface area contributed by atoms with Crippen LogP contribution in [0.1, 0.15) is 37.0 Å². The SMILES string of the molecule is COc1cc(C(=O)N(C)CC(=O)N2CCC(C(=O)O)CC2)ccc1OC(C)C. The van der Waals surface area contributed by atoms with Crippen LogP contribution in [-0.4, -0.2) is 72.6 Å². The molecule has 1 fully saturated rings. The Morgan fingerprint density at radius 2 is 1.86 bits per heavy atom. The number of methoxy groups -OCH3 is 1. The van der Waals surface area contributed by atoms with Crippen LogP contribution in [0, 0.1) is 5.92 Å². The Balaban J connectivity index is 1.98. The van der Waals surface area contributed by atoms with Crippen LogP contribution in [0.5, 0.6) is 11.5 Å². The molecule has 8 heteroatoms. The van der Waals surface area contributed by atoms with Crippen molar-refractivity contribution in [3.05, 3.63) is 23.8 Å². The fourth-order valence-electron chi connectivity index (χ4n) is 3.12. The van der Waals surface area contributed by atoms with Crippen LogP contribution in [0.25, 0.3) is 0 Å². The van der Waals surface area contributed by atoms with E-state index in [1.54, 1.807) is 30.1 Å². The van der Waals surface area contributed by atoms with Crippen molar-refractivity contribution in [2.24, 2.45) is 5.92 Å². The monoisotopic (exact) mass is 392 g/mol. The van der Waals surface area contributed by atoms with E-state index in [9.17, 15) is 14.4 Å². The van der Waals surface area contributed by atoms with Crippen LogP contribution in [0.2, 0.25) is 0 Å². The lowest BCUT2D eigenvalue weighted by Crippen LogP contribution is -2.45. The topological polar surface area (TPSA) is 96.4 Å². The van der Waals surface area contributed by atoms with Crippen LogP contribution >= 0.6 is 0 Å². The number of aliphatic carboxylic acids is 1. The summed E-state index contributed by atoms with van der Waals surface area (Å²) in [6, 6.07) is 4.92. The van der Waals surface area contributed by atoms with Crippen molar-refractivity contribution in [1.82, 2.24) is 9.80 Å². The second-order valence-electron chi connectivity index (χ2n) is 7.19. The van der Waals surface area contributed by atoms with Crippen LogP contribution in [-0.2, 0) is 9.59 Å². The highest BCUT2D eigenvalue weighted by Crippen LogP contribution is 2.29. The van der Waals surface area contributed by atoms with Gasteiger partial charge in [-0.25, -0.2) is 0 Å². The summed E-state index contributed by atoms with van der Waals surface area (Å²) in [5.74, 6) is -0.709. The van der Waals surface area contributed by atoms with Crippen LogP contribution in [0.3, 0.4) is 0 Å². The molecule has 2 amide bonds. The summed E-state index contributed by atoms with van der Waals surface area (Å²) >= 11 is 0. The van der Waals surface area contributed by atoms with Gasteiger partial charge in [-0.05, 0) is 44.9 Å². The lowest BCUT2D eigenvalue weighted by atomic mass is 9.97. The Hall–Kier alpha value is -2.77. The first-order valence-corrected chi connectivity index (χ1v) is 9.33. The summed E-state index contributed by atoms with van der Waals surface area (Å²) in [7, 11) is 3.07. The van der Waals surface area contributed by atoms with E-state index in [0.717, 1.165) is 0 Å². The van der Waals surface area contributed by atoms with E-state index in [1.807, 2.05) is 13.8 Å². The van der Waals surface area contributed by atoms with Crippen molar-refractivity contribution in [3.63, 3.8) is 0 Å². The van der Waals surface area contributed by atoms with Gasteiger partial charge in [-0.1, -0.05) is 0 Å². The van der Waals surface area contributed by atoms with Crippen LogP contribution < -0.4 is 9.47 Å². The molecule has 8 nitrogen and oxygen atoms in total. The van der Waals surface area contributed by atoms with Gasteiger partial charge in [-0.3, -0.25) is 14.4 Å². The maximum atomic E-state index is 12.7. The number of carboxylic acid groups (broad SMARTS) is 1. The smallest absolute Gasteiger partial charge is 0.306 e. The van der Waals surface area contributed by atoms with Crippen molar-refractivity contribution in [3.8, 4) is 11.5 Å². The maximum Gasteiger partial charge on any atom is 0.306 e. The van der Waals surface area contributed by atoms with Crippen LogP contribution in [0.15, 0.2) is 18.2 Å². The Bertz CT molecular complexity index is 725. The molecule has 0 aliphatic carbocycles. The van der Waals surface area contributed by atoms with E-state index < -0.39 is 11.9 Å². The lowest BCUT2D eigenvalue weighted by molar-refractivity contribution is -0.145. The van der Waals surface area contributed by atoms with Crippen molar-refractivity contribution in [2.75, 3.05) is 33.8 Å². The molecular weight excluding hydrogens is 364 g/mol. The number of likely N-dealkylation sites (N-methyl/N-ethyl adjacent to an activating group) is 1. The number of piperidine rings is 1. The van der Waals surface area contributed by atoms with Gasteiger partial charge in [-0.15, -0.1) is 0 Å². The number of amides is 2. The van der Waals surface area contributed by atoms with Crippen molar-refractivity contribution in [2.45, 2.75) is 32.8 Å². The van der Waals surface area contributed by atoms with E-state index in [-0.39, 0.29) is 24.5 Å². The summed E-state index contributed by atoms with van der Waals surface area (Å²) in [4.78, 5) is 39.1. The molecule has 1 aliphatic rings. The van der Waals surface area contributed by atoms with Crippen molar-refractivity contribution >= 4 is 17.8 Å². The molecule has 28 heavy (non-hydrogen) atoms. The van der Waals surface area contributed by atoms with Gasteiger partial charge in [0.15, 0.2) is 11.5 Å². The number of carbonyl (C=O) groups is 3. The second-order valence-corrected chi connectivity index (χ2v) is 7.19. The molecule has 0 aromatic heterocycles. The van der Waals surface area contributed by atoms with Crippen LogP contribution in [0.4, 0.5) is 0 Å². The van der Waals surface area contributed by atoms with Gasteiger partial charge in [0.1, 0.15) is 0 Å². The van der Waals surface area contributed by atoms with Gasteiger partial charge in [0, 0.05) is 25.7 Å². The largest absolute Gasteiger partial charge is 0.493 e. The summed E-state index contributed by atoms with van der Waals surface area (Å²) in [6.07, 6.45) is 0.849. The van der Waals surface area contributed by atoms with E-state index >= 15 is 0 Å². The molecule has 1 saturated heterocycles. The molecule has 0 saturated carbocycles. The number of rotatable bonds is 7. The van der Waals surface area contributed by atoms with Gasteiger partial charge in [0.25, 0.3) is 5.91 Å². The third kappa shape index (κ3) is 5.37. The number of carbonyl (C=O) groups excluding carboxylic acids is 2. The molecule has 0 unspecified atom stereocenters. The maximum absolute atomic E-state index is 12.7. The lowest BCUT2D eigenvalue weighted by Gasteiger charge is -2.31. The average molecular weight is 392 g/mol. The normalized spacial score (nSPS) is 14.7. The van der Waals surface area contributed by atoms with Crippen molar-refractivity contribution in [1.29, 1.82) is 0 Å². The quantitative estimate of drug-likeness (QED) is 0.761. The standard InChI is InChI=1S/C20H28N2O6/c1-13(2)28-16-6-5-15(11-17(16)27-4)19(24)21(3)12-18(23)22-9-7-14(8-10-22)20(25)26/h5-6,11,13-14H,7-10,12H2,1-4H3,(H,25,26).